The fourth-order valence-corrected chi connectivity index (χ4v) is 6.15. The number of nitrogens with one attached hydrogen (secondary N) is 2. The smallest absolute Gasteiger partial charge is 0.756 e. The van der Waals surface area contributed by atoms with Crippen molar-refractivity contribution in [2.45, 2.75) is 203 Å². The molecule has 2 aliphatic heterocycles. The minimum absolute atomic E-state index is 0. The average Bonchev–Trinajstić information content (AvgIpc) is 3.57. The topological polar surface area (TPSA) is 341 Å². The number of aliphatic hydroxyl groups is 6. The molecule has 2 fully saturated rings. The molecule has 3 rings (SSSR count). The zero-order valence-corrected chi connectivity index (χ0v) is 49.7. The number of likely N-dealkylation sites (N-methyl/N-ethyl adjacent to an activating group) is 1. The molecule has 12 atom stereocenters. The van der Waals surface area contributed by atoms with Crippen LogP contribution in [0.2, 0.25) is 0 Å². The molecular formula is C43H93N5Na2O16P2. The molecule has 68 heavy (non-hydrogen) atoms. The van der Waals surface area contributed by atoms with Gasteiger partial charge in [0.1, 0.15) is 48.4 Å². The Kier molecular flexibility index (Phi) is 64.3. The van der Waals surface area contributed by atoms with Crippen LogP contribution in [-0.2, 0) is 32.7 Å². The summed E-state index contributed by atoms with van der Waals surface area (Å²) in [5.74, 6) is -6.72. The molecule has 2 saturated heterocycles. The van der Waals surface area contributed by atoms with E-state index in [1.54, 1.807) is 0 Å². The molecule has 1 aromatic heterocycles. The van der Waals surface area contributed by atoms with Gasteiger partial charge in [0.05, 0.1) is 31.9 Å². The van der Waals surface area contributed by atoms with Gasteiger partial charge in [-0.3, -0.25) is 18.5 Å². The van der Waals surface area contributed by atoms with Crippen molar-refractivity contribution in [1.29, 1.82) is 0 Å². The van der Waals surface area contributed by atoms with Gasteiger partial charge in [0, 0.05) is 12.6 Å². The molecule has 10 unspecified atom stereocenters. The van der Waals surface area contributed by atoms with Crippen molar-refractivity contribution in [1.82, 2.24) is 20.2 Å². The van der Waals surface area contributed by atoms with Crippen LogP contribution in [0, 0.1) is 0 Å². The van der Waals surface area contributed by atoms with Crippen molar-refractivity contribution in [2.75, 3.05) is 45.4 Å². The Labute approximate surface area is 454 Å². The third kappa shape index (κ3) is 34.3. The maximum atomic E-state index is 12.7. The van der Waals surface area contributed by atoms with E-state index in [0.29, 0.717) is 0 Å². The third-order valence-corrected chi connectivity index (χ3v) is 10.1. The molecule has 0 spiro atoms. The van der Waals surface area contributed by atoms with Crippen molar-refractivity contribution in [3.8, 4) is 0 Å². The molecule has 25 heteroatoms. The Morgan fingerprint density at radius 2 is 1.47 bits per heavy atom. The summed E-state index contributed by atoms with van der Waals surface area (Å²) in [6.07, 6.45) is -5.95. The van der Waals surface area contributed by atoms with E-state index in [9.17, 15) is 59.6 Å². The normalized spacial score (nSPS) is 23.6. The van der Waals surface area contributed by atoms with E-state index >= 15 is 0 Å². The minimum atomic E-state index is -5.83. The molecule has 398 valence electrons. The molecule has 1 aromatic rings. The number of aliphatic hydroxyl groups excluding tert-OH is 6. The first-order valence-corrected chi connectivity index (χ1v) is 26.0. The molecule has 0 radical (unpaired) electrons. The third-order valence-electron chi connectivity index (χ3n) is 8.09. The van der Waals surface area contributed by atoms with Crippen LogP contribution in [0.25, 0.3) is 0 Å². The van der Waals surface area contributed by atoms with Crippen molar-refractivity contribution < 1.29 is 132 Å². The van der Waals surface area contributed by atoms with Crippen LogP contribution in [0.15, 0.2) is 17.1 Å². The number of amides is 1. The number of rotatable bonds is 17. The number of carbonyl (C=O) groups is 2. The summed E-state index contributed by atoms with van der Waals surface area (Å²) in [6.45, 7) is 26.9. The van der Waals surface area contributed by atoms with Gasteiger partial charge in [0.25, 0.3) is 7.82 Å². The second-order valence-corrected chi connectivity index (χ2v) is 16.0. The van der Waals surface area contributed by atoms with Crippen molar-refractivity contribution in [2.24, 2.45) is 0 Å². The molecule has 0 saturated carbocycles. The Balaban J connectivity index is -0.000000203. The number of ether oxygens (including phenoxy) is 2. The van der Waals surface area contributed by atoms with E-state index < -0.39 is 106 Å². The second kappa shape index (κ2) is 51.7. The average molecular weight is 1040 g/mol. The molecule has 0 aromatic carbocycles. The number of carbonyl (C=O) groups excluding carboxylic acids is 2. The number of carboxylic acids is 1. The van der Waals surface area contributed by atoms with E-state index in [1.165, 1.54) is 57.8 Å². The summed E-state index contributed by atoms with van der Waals surface area (Å²) in [5.41, 5.74) is 4.44. The van der Waals surface area contributed by atoms with Crippen LogP contribution < -0.4 is 91.2 Å². The van der Waals surface area contributed by atoms with Crippen molar-refractivity contribution >= 4 is 34.1 Å². The molecule has 2 aliphatic rings. The van der Waals surface area contributed by atoms with Crippen LogP contribution in [0.4, 0.5) is 5.82 Å². The quantitative estimate of drug-likeness (QED) is 0.0538. The number of hydrogen-bond donors (Lipinski definition) is 9. The number of nitrogens with zero attached hydrogens (tertiary/aromatic N) is 2. The summed E-state index contributed by atoms with van der Waals surface area (Å²) < 4.78 is 33.3. The Hall–Kier alpha value is -0.200. The van der Waals surface area contributed by atoms with Gasteiger partial charge >= 0.3 is 64.8 Å². The maximum Gasteiger partial charge on any atom is 1.00 e. The first kappa shape index (κ1) is 84.6. The number of hydrogen-bond acceptors (Lipinski definition) is 19. The monoisotopic (exact) mass is 1040 g/mol. The predicted octanol–water partition coefficient (Wildman–Crippen LogP) is -3.58. The van der Waals surface area contributed by atoms with Gasteiger partial charge in [-0.05, 0) is 25.9 Å². The van der Waals surface area contributed by atoms with E-state index in [1.807, 2.05) is 41.5 Å². The zero-order valence-electron chi connectivity index (χ0n) is 43.8. The Morgan fingerprint density at radius 3 is 1.84 bits per heavy atom. The first-order valence-electron chi connectivity index (χ1n) is 22.9. The number of nitrogens with two attached hydrogens (primary N) is 1. The summed E-state index contributed by atoms with van der Waals surface area (Å²) in [6, 6.07) is -0.460. The van der Waals surface area contributed by atoms with E-state index in [0.717, 1.165) is 19.3 Å². The summed E-state index contributed by atoms with van der Waals surface area (Å²) in [4.78, 5) is 52.5. The van der Waals surface area contributed by atoms with Gasteiger partial charge in [-0.25, -0.2) is 4.79 Å². The molecule has 0 aliphatic carbocycles. The predicted molar refractivity (Wildman–Crippen MR) is 259 cm³/mol. The van der Waals surface area contributed by atoms with Crippen LogP contribution in [-0.4, -0.2) is 146 Å². The van der Waals surface area contributed by atoms with E-state index in [-0.39, 0.29) is 78.9 Å². The van der Waals surface area contributed by atoms with Gasteiger partial charge in [-0.1, -0.05) is 136 Å². The van der Waals surface area contributed by atoms with Gasteiger partial charge in [0.15, 0.2) is 6.23 Å². The summed E-state index contributed by atoms with van der Waals surface area (Å²) in [7, 11) is -3.26. The number of phosphoric ester groups is 1. The zero-order chi connectivity index (χ0) is 51.9. The minimum Gasteiger partial charge on any atom is -0.756 e. The number of carboxylic acid groups (broad SMARTS) is 1. The van der Waals surface area contributed by atoms with Gasteiger partial charge in [-0.2, -0.15) is 4.98 Å². The van der Waals surface area contributed by atoms with Crippen LogP contribution >= 0.6 is 16.4 Å². The number of anilines is 1. The van der Waals surface area contributed by atoms with E-state index in [2.05, 4.69) is 79.8 Å². The molecule has 3 heterocycles. The van der Waals surface area contributed by atoms with Gasteiger partial charge in [0.2, 0.25) is 11.7 Å². The number of aromatic nitrogens is 2. The van der Waals surface area contributed by atoms with Gasteiger partial charge < -0.3 is 75.8 Å². The second-order valence-electron chi connectivity index (χ2n) is 13.5. The molecule has 21 nitrogen and oxygen atoms in total. The molecule has 10 N–H and O–H groups in total. The summed E-state index contributed by atoms with van der Waals surface area (Å²) >= 11 is 0. The molecular weight excluding hydrogens is 950 g/mol. The molecule has 0 bridgehead atoms. The number of nitrogen functional groups attached to an aromatic ring is 1. The molecule has 1 amide bonds. The Morgan fingerprint density at radius 1 is 0.985 bits per heavy atom. The standard InChI is InChI=1S/C21H34N5O16P.C4H11P.2C4H10.C3H8.3C2H6.CH4.2Na/c1-23-5-12(30)25-13-8(28)4-21(19(34)35,41-17(13)14(31)9(29)6-27)42-43(37,38)39-7-10-15(32)16(33)18(40-10)26-3-2-11(22)24-20(26)36;1-3-4-5-2;2*1-3-4-2;1-3-2;3*1-2;;;/h2-3,8-10,13-18,23,27-29,31-33H,4-7H2,1H3,(H,25,30)(H,34,35)(H,37,38)(H2,22,24,36);5H,3-4H2,1-2H3;2*3-4H2,1-2H3;3H2,1-2H3;3*1-2H3;1H4;;/q;;;;;;;;;2*+1/p-2/t8?,9-,10?,13?,14-,15?,16?,17?,18?,21?;;;;;;;;;;/m1........../s1. The largest absolute Gasteiger partial charge is 1.00 e. The summed E-state index contributed by atoms with van der Waals surface area (Å²) in [5, 5.41) is 77.8. The SMILES string of the molecule is C.CC.CC.CC.CCC.CCCC.CCCC.CCCPC.CNCC(=O)NC1C(O)CC(OP(=O)([O-])OCC2OC(n3ccc(N)nc3=O)C(O)C2O)(C(=O)[O-])OC1[C@H](O)[C@H](O)CO.[Na+].[Na+]. The number of aliphatic carboxylic acids is 1. The van der Waals surface area contributed by atoms with E-state index in [4.69, 9.17) is 15.2 Å². The fourth-order valence-electron chi connectivity index (χ4n) is 4.71. The number of phosphoric acid groups is 1. The van der Waals surface area contributed by atoms with Crippen molar-refractivity contribution in [3.05, 3.63) is 22.7 Å². The first-order chi connectivity index (χ1) is 30.7. The van der Waals surface area contributed by atoms with Gasteiger partial charge in [-0.15, -0.1) is 8.58 Å². The van der Waals surface area contributed by atoms with Crippen LogP contribution in [0.3, 0.4) is 0 Å². The fraction of sp³-hybridized carbons (Fsp3) is 0.860. The Bertz CT molecular complexity index is 1410. The number of unbranched alkanes of at least 4 members (excludes halogenated alkanes) is 2. The van der Waals surface area contributed by atoms with Crippen LogP contribution in [0.5, 0.6) is 0 Å². The van der Waals surface area contributed by atoms with Crippen molar-refractivity contribution in [3.63, 3.8) is 0 Å². The van der Waals surface area contributed by atoms with Crippen LogP contribution in [0.1, 0.15) is 149 Å². The maximum absolute atomic E-state index is 12.7.